The average Bonchev–Trinajstić information content (AvgIpc) is 2.37. The van der Waals surface area contributed by atoms with Crippen molar-refractivity contribution in [3.63, 3.8) is 0 Å². The Kier molecular flexibility index (Phi) is 6.65. The van der Waals surface area contributed by atoms with Crippen molar-refractivity contribution >= 4 is 23.2 Å². The fraction of sp³-hybridized carbons (Fsp3) is 0.500. The van der Waals surface area contributed by atoms with Crippen molar-refractivity contribution in [3.05, 3.63) is 35.9 Å². The number of thiocarbonyl (C=S) groups is 1. The van der Waals surface area contributed by atoms with E-state index in [1.54, 1.807) is 12.1 Å². The van der Waals surface area contributed by atoms with E-state index in [1.165, 1.54) is 0 Å². The van der Waals surface area contributed by atoms with Crippen LogP contribution in [0, 0.1) is 11.8 Å². The molecule has 1 aromatic rings. The molecule has 1 rings (SSSR count). The molecule has 0 fully saturated rings. The quantitative estimate of drug-likeness (QED) is 0.845. The summed E-state index contributed by atoms with van der Waals surface area (Å²) in [5.74, 6) is 0.855. The third-order valence-corrected chi connectivity index (χ3v) is 3.07. The maximum absolute atomic E-state index is 12.1. The topological polar surface area (TPSA) is 32.3 Å². The number of rotatable bonds is 5. The number of hydrogen-bond acceptors (Lipinski definition) is 2. The lowest BCUT2D eigenvalue weighted by molar-refractivity contribution is 0.0972. The van der Waals surface area contributed by atoms with Crippen molar-refractivity contribution in [3.8, 4) is 0 Å². The molecule has 0 aliphatic carbocycles. The number of carbonyl (C=O) groups excluding carboxylic acids is 1. The van der Waals surface area contributed by atoms with Gasteiger partial charge in [-0.15, -0.1) is 0 Å². The molecule has 0 saturated heterocycles. The minimum atomic E-state index is -0.145. The van der Waals surface area contributed by atoms with Crippen LogP contribution in [0.5, 0.6) is 0 Å². The zero-order valence-electron chi connectivity index (χ0n) is 12.7. The first-order chi connectivity index (χ1) is 9.40. The second kappa shape index (κ2) is 8.00. The monoisotopic (exact) mass is 292 g/mol. The lowest BCUT2D eigenvalue weighted by Crippen LogP contribution is -2.45. The summed E-state index contributed by atoms with van der Waals surface area (Å²) in [5, 5.41) is 3.34. The second-order valence-electron chi connectivity index (χ2n) is 5.82. The Morgan fingerprint density at radius 3 is 2.05 bits per heavy atom. The van der Waals surface area contributed by atoms with Crippen LogP contribution in [0.4, 0.5) is 0 Å². The van der Waals surface area contributed by atoms with Gasteiger partial charge in [0.25, 0.3) is 5.91 Å². The van der Waals surface area contributed by atoms with E-state index in [4.69, 9.17) is 12.2 Å². The number of carbonyl (C=O) groups is 1. The molecule has 0 bridgehead atoms. The van der Waals surface area contributed by atoms with Crippen LogP contribution in [-0.4, -0.2) is 29.0 Å². The molecule has 0 spiro atoms. The zero-order valence-corrected chi connectivity index (χ0v) is 13.5. The Morgan fingerprint density at radius 2 is 1.60 bits per heavy atom. The van der Waals surface area contributed by atoms with Crippen LogP contribution < -0.4 is 5.32 Å². The molecular weight excluding hydrogens is 268 g/mol. The smallest absolute Gasteiger partial charge is 0.257 e. The normalized spacial score (nSPS) is 10.7. The molecule has 1 amide bonds. The van der Waals surface area contributed by atoms with Gasteiger partial charge in [-0.3, -0.25) is 10.1 Å². The summed E-state index contributed by atoms with van der Waals surface area (Å²) in [6.45, 7) is 10.3. The summed E-state index contributed by atoms with van der Waals surface area (Å²) in [5.41, 5.74) is 0.629. The lowest BCUT2D eigenvalue weighted by Gasteiger charge is -2.28. The van der Waals surface area contributed by atoms with E-state index in [2.05, 4.69) is 37.9 Å². The highest BCUT2D eigenvalue weighted by Gasteiger charge is 2.15. The Balaban J connectivity index is 2.68. The fourth-order valence-corrected chi connectivity index (χ4v) is 2.20. The molecule has 0 aliphatic rings. The molecule has 1 N–H and O–H groups in total. The van der Waals surface area contributed by atoms with Gasteiger partial charge in [-0.1, -0.05) is 45.9 Å². The molecule has 0 atom stereocenters. The molecule has 0 aromatic heterocycles. The van der Waals surface area contributed by atoms with Crippen LogP contribution in [-0.2, 0) is 0 Å². The molecule has 1 aromatic carbocycles. The first-order valence-electron chi connectivity index (χ1n) is 7.05. The third-order valence-electron chi connectivity index (χ3n) is 2.71. The number of amides is 1. The van der Waals surface area contributed by atoms with Crippen LogP contribution in [0.15, 0.2) is 30.3 Å². The van der Waals surface area contributed by atoms with E-state index in [0.717, 1.165) is 13.1 Å². The van der Waals surface area contributed by atoms with Crippen molar-refractivity contribution in [2.75, 3.05) is 13.1 Å². The van der Waals surface area contributed by atoms with E-state index >= 15 is 0 Å². The molecule has 4 heteroatoms. The molecular formula is C16H24N2OS. The van der Waals surface area contributed by atoms with Gasteiger partial charge >= 0.3 is 0 Å². The lowest BCUT2D eigenvalue weighted by atomic mass is 10.1. The minimum Gasteiger partial charge on any atom is -0.348 e. The van der Waals surface area contributed by atoms with Gasteiger partial charge in [0.15, 0.2) is 5.11 Å². The van der Waals surface area contributed by atoms with Gasteiger partial charge in [0, 0.05) is 18.7 Å². The van der Waals surface area contributed by atoms with Crippen LogP contribution in [0.25, 0.3) is 0 Å². The number of benzene rings is 1. The largest absolute Gasteiger partial charge is 0.348 e. The van der Waals surface area contributed by atoms with Gasteiger partial charge in [0.2, 0.25) is 0 Å². The highest BCUT2D eigenvalue weighted by molar-refractivity contribution is 7.80. The maximum atomic E-state index is 12.1. The van der Waals surface area contributed by atoms with Crippen molar-refractivity contribution in [1.82, 2.24) is 10.2 Å². The molecule has 0 heterocycles. The molecule has 20 heavy (non-hydrogen) atoms. The van der Waals surface area contributed by atoms with E-state index in [-0.39, 0.29) is 5.91 Å². The number of nitrogens with zero attached hydrogens (tertiary/aromatic N) is 1. The average molecular weight is 292 g/mol. The predicted molar refractivity (Wildman–Crippen MR) is 87.8 cm³/mol. The van der Waals surface area contributed by atoms with Gasteiger partial charge < -0.3 is 4.90 Å². The van der Waals surface area contributed by atoms with Crippen LogP contribution >= 0.6 is 12.2 Å². The van der Waals surface area contributed by atoms with Crippen molar-refractivity contribution in [2.24, 2.45) is 11.8 Å². The molecule has 110 valence electrons. The first kappa shape index (κ1) is 16.6. The van der Waals surface area contributed by atoms with Crippen molar-refractivity contribution in [1.29, 1.82) is 0 Å². The molecule has 0 radical (unpaired) electrons. The van der Waals surface area contributed by atoms with Crippen molar-refractivity contribution < 1.29 is 4.79 Å². The Bertz CT molecular complexity index is 433. The Hall–Kier alpha value is -1.42. The highest BCUT2D eigenvalue weighted by Crippen LogP contribution is 2.05. The van der Waals surface area contributed by atoms with Crippen molar-refractivity contribution in [2.45, 2.75) is 27.7 Å². The van der Waals surface area contributed by atoms with E-state index in [9.17, 15) is 4.79 Å². The minimum absolute atomic E-state index is 0.145. The van der Waals surface area contributed by atoms with Gasteiger partial charge in [0.05, 0.1) is 0 Å². The Labute approximate surface area is 127 Å². The molecule has 3 nitrogen and oxygen atoms in total. The van der Waals surface area contributed by atoms with E-state index in [1.807, 2.05) is 18.2 Å². The standard InChI is InChI=1S/C16H24N2OS/c1-12(2)10-18(11-13(3)4)16(20)17-15(19)14-8-6-5-7-9-14/h5-9,12-13H,10-11H2,1-4H3,(H,17,19,20). The molecule has 0 aliphatic heterocycles. The second-order valence-corrected chi connectivity index (χ2v) is 6.20. The van der Waals surface area contributed by atoms with E-state index < -0.39 is 0 Å². The van der Waals surface area contributed by atoms with Gasteiger partial charge in [-0.25, -0.2) is 0 Å². The summed E-state index contributed by atoms with van der Waals surface area (Å²) in [6.07, 6.45) is 0. The zero-order chi connectivity index (χ0) is 15.1. The number of nitrogens with one attached hydrogen (secondary N) is 1. The van der Waals surface area contributed by atoms with Gasteiger partial charge in [-0.05, 0) is 36.2 Å². The molecule has 0 unspecified atom stereocenters. The molecule has 0 saturated carbocycles. The van der Waals surface area contributed by atoms with Crippen LogP contribution in [0.3, 0.4) is 0 Å². The van der Waals surface area contributed by atoms with E-state index in [0.29, 0.717) is 22.5 Å². The van der Waals surface area contributed by atoms with Crippen LogP contribution in [0.2, 0.25) is 0 Å². The maximum Gasteiger partial charge on any atom is 0.257 e. The third kappa shape index (κ3) is 5.70. The summed E-state index contributed by atoms with van der Waals surface area (Å²) < 4.78 is 0. The first-order valence-corrected chi connectivity index (χ1v) is 7.46. The SMILES string of the molecule is CC(C)CN(CC(C)C)C(=S)NC(=O)c1ccccc1. The summed E-state index contributed by atoms with van der Waals surface area (Å²) in [6, 6.07) is 9.15. The summed E-state index contributed by atoms with van der Waals surface area (Å²) >= 11 is 5.38. The summed E-state index contributed by atoms with van der Waals surface area (Å²) in [7, 11) is 0. The van der Waals surface area contributed by atoms with Gasteiger partial charge in [-0.2, -0.15) is 0 Å². The predicted octanol–water partition coefficient (Wildman–Crippen LogP) is 3.32. The summed E-state index contributed by atoms with van der Waals surface area (Å²) in [4.78, 5) is 14.2. The van der Waals surface area contributed by atoms with Gasteiger partial charge in [0.1, 0.15) is 0 Å². The van der Waals surface area contributed by atoms with Crippen LogP contribution in [0.1, 0.15) is 38.1 Å². The number of hydrogen-bond donors (Lipinski definition) is 1. The Morgan fingerprint density at radius 1 is 1.10 bits per heavy atom. The highest BCUT2D eigenvalue weighted by atomic mass is 32.1. The fourth-order valence-electron chi connectivity index (χ4n) is 1.96.